The molecule has 2 N–H and O–H groups in total. The van der Waals surface area contributed by atoms with Crippen molar-refractivity contribution < 1.29 is 14.3 Å². The van der Waals surface area contributed by atoms with Gasteiger partial charge in [-0.3, -0.25) is 9.59 Å². The largest absolute Gasteiger partial charge is 0.378 e. The van der Waals surface area contributed by atoms with Gasteiger partial charge in [0.05, 0.1) is 30.1 Å². The van der Waals surface area contributed by atoms with Crippen molar-refractivity contribution in [1.29, 1.82) is 0 Å². The summed E-state index contributed by atoms with van der Waals surface area (Å²) in [5, 5.41) is 9.45. The maximum atomic E-state index is 12.6. The number of hydrogen-bond donors (Lipinski definition) is 2. The van der Waals surface area contributed by atoms with E-state index in [0.29, 0.717) is 52.4 Å². The predicted molar refractivity (Wildman–Crippen MR) is 100 cm³/mol. The second kappa shape index (κ2) is 9.43. The lowest BCUT2D eigenvalue weighted by Gasteiger charge is -2.34. The zero-order valence-electron chi connectivity index (χ0n) is 15.3. The zero-order chi connectivity index (χ0) is 18.4. The molecule has 7 nitrogen and oxygen atoms in total. The van der Waals surface area contributed by atoms with E-state index in [0.717, 1.165) is 23.5 Å². The molecule has 0 saturated carbocycles. The highest BCUT2D eigenvalue weighted by Gasteiger charge is 2.33. The van der Waals surface area contributed by atoms with Gasteiger partial charge in [0, 0.05) is 50.2 Å². The molecule has 0 spiro atoms. The fourth-order valence-electron chi connectivity index (χ4n) is 3.48. The summed E-state index contributed by atoms with van der Waals surface area (Å²) in [5.41, 5.74) is 1.05. The molecule has 0 aromatic carbocycles. The average Bonchev–Trinajstić information content (AvgIpc) is 3.10. The van der Waals surface area contributed by atoms with Gasteiger partial charge < -0.3 is 20.3 Å². The Bertz CT molecular complexity index is 615. The quantitative estimate of drug-likeness (QED) is 0.706. The van der Waals surface area contributed by atoms with E-state index in [4.69, 9.17) is 4.74 Å². The van der Waals surface area contributed by atoms with Gasteiger partial charge in [0.1, 0.15) is 0 Å². The van der Waals surface area contributed by atoms with Gasteiger partial charge in [-0.15, -0.1) is 11.3 Å². The fourth-order valence-corrected chi connectivity index (χ4v) is 4.30. The average molecular weight is 381 g/mol. The molecule has 0 aliphatic carbocycles. The highest BCUT2D eigenvalue weighted by atomic mass is 32.1. The van der Waals surface area contributed by atoms with E-state index >= 15 is 0 Å². The third kappa shape index (κ3) is 5.25. The van der Waals surface area contributed by atoms with Crippen molar-refractivity contribution in [2.75, 3.05) is 45.9 Å². The number of nitrogens with one attached hydrogen (secondary N) is 2. The number of ether oxygens (including phenoxy) is 1. The van der Waals surface area contributed by atoms with Crippen LogP contribution in [0.4, 0.5) is 0 Å². The number of aryl methyl sites for hydroxylation is 2. The minimum absolute atomic E-state index is 0.0484. The van der Waals surface area contributed by atoms with E-state index in [1.165, 1.54) is 0 Å². The maximum Gasteiger partial charge on any atom is 0.227 e. The van der Waals surface area contributed by atoms with Crippen molar-refractivity contribution in [1.82, 2.24) is 20.5 Å². The van der Waals surface area contributed by atoms with Crippen LogP contribution < -0.4 is 10.6 Å². The molecule has 1 aromatic rings. The predicted octanol–water partition coefficient (Wildman–Crippen LogP) is 0.585. The van der Waals surface area contributed by atoms with Crippen LogP contribution in [0.25, 0.3) is 0 Å². The zero-order valence-corrected chi connectivity index (χ0v) is 16.1. The fraction of sp³-hybridized carbons (Fsp3) is 0.722. The Labute approximate surface area is 158 Å². The summed E-state index contributed by atoms with van der Waals surface area (Å²) in [6, 6.07) is 0. The lowest BCUT2D eigenvalue weighted by Crippen LogP contribution is -2.51. The molecule has 1 aromatic heterocycles. The van der Waals surface area contributed by atoms with Crippen LogP contribution in [-0.4, -0.2) is 67.6 Å². The second-order valence-electron chi connectivity index (χ2n) is 7.00. The number of morpholine rings is 1. The molecule has 3 rings (SSSR count). The maximum absolute atomic E-state index is 12.6. The van der Waals surface area contributed by atoms with Gasteiger partial charge in [-0.2, -0.15) is 0 Å². The molecule has 0 unspecified atom stereocenters. The molecule has 26 heavy (non-hydrogen) atoms. The van der Waals surface area contributed by atoms with Crippen molar-refractivity contribution in [2.45, 2.75) is 26.2 Å². The summed E-state index contributed by atoms with van der Waals surface area (Å²) in [6.07, 6.45) is 2.40. The minimum Gasteiger partial charge on any atom is -0.378 e. The summed E-state index contributed by atoms with van der Waals surface area (Å²) in [6.45, 7) is 6.46. The Kier molecular flexibility index (Phi) is 6.99. The van der Waals surface area contributed by atoms with E-state index in [1.54, 1.807) is 11.3 Å². The van der Waals surface area contributed by atoms with Crippen LogP contribution in [0, 0.1) is 18.8 Å². The number of carbonyl (C=O) groups excluding carboxylic acids is 2. The molecular weight excluding hydrogens is 352 g/mol. The topological polar surface area (TPSA) is 83.6 Å². The van der Waals surface area contributed by atoms with E-state index < -0.39 is 0 Å². The molecule has 2 saturated heterocycles. The Morgan fingerprint density at radius 3 is 2.85 bits per heavy atom. The van der Waals surface area contributed by atoms with Gasteiger partial charge >= 0.3 is 0 Å². The van der Waals surface area contributed by atoms with Gasteiger partial charge in [0.2, 0.25) is 11.8 Å². The molecule has 0 radical (unpaired) electrons. The molecule has 3 heterocycles. The number of piperidine rings is 1. The smallest absolute Gasteiger partial charge is 0.227 e. The lowest BCUT2D eigenvalue weighted by molar-refractivity contribution is -0.141. The molecule has 2 fully saturated rings. The van der Waals surface area contributed by atoms with E-state index in [-0.39, 0.29) is 23.7 Å². The number of nitrogens with zero attached hydrogens (tertiary/aromatic N) is 2. The van der Waals surface area contributed by atoms with Crippen LogP contribution in [0.5, 0.6) is 0 Å². The standard InChI is InChI=1S/C18H28N4O3S/c1-13-12-26-16(21-13)3-2-4-20-17(23)14-9-15(11-19-10-14)18(24)22-5-7-25-8-6-22/h12,14-15,19H,2-11H2,1H3,(H,20,23)/t14-,15-/m0/s1. The Balaban J connectivity index is 1.40. The molecule has 8 heteroatoms. The Morgan fingerprint density at radius 1 is 1.35 bits per heavy atom. The molecule has 2 atom stereocenters. The van der Waals surface area contributed by atoms with Crippen LogP contribution in [0.1, 0.15) is 23.5 Å². The van der Waals surface area contributed by atoms with Gasteiger partial charge in [0.15, 0.2) is 0 Å². The van der Waals surface area contributed by atoms with Crippen LogP contribution in [0.2, 0.25) is 0 Å². The van der Waals surface area contributed by atoms with Gasteiger partial charge in [-0.05, 0) is 19.8 Å². The SMILES string of the molecule is Cc1csc(CCCNC(=O)[C@@H]2CNC[C@@H](C(=O)N3CCOCC3)C2)n1. The molecule has 144 valence electrons. The van der Waals surface area contributed by atoms with E-state index in [9.17, 15) is 9.59 Å². The summed E-state index contributed by atoms with van der Waals surface area (Å²) in [4.78, 5) is 31.4. The van der Waals surface area contributed by atoms with Crippen molar-refractivity contribution in [3.05, 3.63) is 16.1 Å². The highest BCUT2D eigenvalue weighted by Crippen LogP contribution is 2.20. The number of amides is 2. The number of hydrogen-bond acceptors (Lipinski definition) is 6. The molecule has 0 bridgehead atoms. The molecule has 2 aliphatic rings. The lowest BCUT2D eigenvalue weighted by atomic mass is 9.88. The first-order chi connectivity index (χ1) is 12.6. The van der Waals surface area contributed by atoms with Gasteiger partial charge in [-0.1, -0.05) is 0 Å². The summed E-state index contributed by atoms with van der Waals surface area (Å²) >= 11 is 1.67. The van der Waals surface area contributed by atoms with E-state index in [1.807, 2.05) is 17.2 Å². The monoisotopic (exact) mass is 380 g/mol. The first-order valence-corrected chi connectivity index (χ1v) is 10.3. The third-order valence-corrected chi connectivity index (χ3v) is 5.95. The first kappa shape index (κ1) is 19.3. The van der Waals surface area contributed by atoms with Gasteiger partial charge in [0.25, 0.3) is 0 Å². The third-order valence-electron chi connectivity index (χ3n) is 4.93. The second-order valence-corrected chi connectivity index (χ2v) is 7.95. The first-order valence-electron chi connectivity index (χ1n) is 9.39. The normalized spacial score (nSPS) is 23.7. The van der Waals surface area contributed by atoms with Crippen LogP contribution >= 0.6 is 11.3 Å². The van der Waals surface area contributed by atoms with Crippen molar-refractivity contribution in [3.8, 4) is 0 Å². The highest BCUT2D eigenvalue weighted by molar-refractivity contribution is 7.09. The van der Waals surface area contributed by atoms with Crippen molar-refractivity contribution >= 4 is 23.2 Å². The Hall–Kier alpha value is -1.51. The summed E-state index contributed by atoms with van der Waals surface area (Å²) in [7, 11) is 0. The molecule has 2 aliphatic heterocycles. The van der Waals surface area contributed by atoms with Crippen LogP contribution in [0.15, 0.2) is 5.38 Å². The molecule has 2 amide bonds. The van der Waals surface area contributed by atoms with E-state index in [2.05, 4.69) is 15.6 Å². The van der Waals surface area contributed by atoms with Crippen LogP contribution in [-0.2, 0) is 20.7 Å². The van der Waals surface area contributed by atoms with Crippen LogP contribution in [0.3, 0.4) is 0 Å². The Morgan fingerprint density at radius 2 is 2.12 bits per heavy atom. The van der Waals surface area contributed by atoms with Crippen molar-refractivity contribution in [3.63, 3.8) is 0 Å². The molecular formula is C18H28N4O3S. The number of carbonyl (C=O) groups is 2. The number of rotatable bonds is 6. The number of aromatic nitrogens is 1. The minimum atomic E-state index is -0.138. The summed E-state index contributed by atoms with van der Waals surface area (Å²) in [5.74, 6) is -0.0542. The van der Waals surface area contributed by atoms with Gasteiger partial charge in [-0.25, -0.2) is 4.98 Å². The summed E-state index contributed by atoms with van der Waals surface area (Å²) < 4.78 is 5.31. The van der Waals surface area contributed by atoms with Crippen molar-refractivity contribution in [2.24, 2.45) is 11.8 Å². The number of thiazole rings is 1.